The summed E-state index contributed by atoms with van der Waals surface area (Å²) in [4.78, 5) is 18.7. The van der Waals surface area contributed by atoms with E-state index in [-0.39, 0.29) is 24.6 Å². The number of hydrogen-bond acceptors (Lipinski definition) is 4. The molecule has 0 unspecified atom stereocenters. The van der Waals surface area contributed by atoms with Gasteiger partial charge in [-0.2, -0.15) is 0 Å². The Kier molecular flexibility index (Phi) is 7.57. The molecule has 1 aliphatic heterocycles. The van der Waals surface area contributed by atoms with Gasteiger partial charge in [-0.15, -0.1) is 0 Å². The molecule has 4 aromatic rings. The summed E-state index contributed by atoms with van der Waals surface area (Å²) in [7, 11) is 1.47. The fourth-order valence-electron chi connectivity index (χ4n) is 4.48. The number of pyridine rings is 1. The van der Waals surface area contributed by atoms with Gasteiger partial charge in [-0.05, 0) is 78.9 Å². The smallest absolute Gasteiger partial charge is 0.250 e. The Morgan fingerprint density at radius 3 is 2.62 bits per heavy atom. The van der Waals surface area contributed by atoms with Gasteiger partial charge in [0.05, 0.1) is 22.4 Å². The van der Waals surface area contributed by atoms with Crippen molar-refractivity contribution in [3.8, 4) is 5.69 Å². The van der Waals surface area contributed by atoms with Crippen molar-refractivity contribution >= 4 is 62.1 Å². The minimum Gasteiger partial charge on any atom is -0.375 e. The first-order chi connectivity index (χ1) is 18.0. The molecule has 10 heteroatoms. The summed E-state index contributed by atoms with van der Waals surface area (Å²) in [6, 6.07) is 23.1. The van der Waals surface area contributed by atoms with Gasteiger partial charge in [-0.25, -0.2) is 0 Å². The van der Waals surface area contributed by atoms with Crippen LogP contribution in [0, 0.1) is 0 Å². The zero-order valence-corrected chi connectivity index (χ0v) is 22.9. The quantitative estimate of drug-likeness (QED) is 0.253. The van der Waals surface area contributed by atoms with Gasteiger partial charge in [0.1, 0.15) is 12.6 Å². The molecule has 0 spiro atoms. The van der Waals surface area contributed by atoms with Crippen LogP contribution in [0.4, 0.5) is 11.4 Å². The summed E-state index contributed by atoms with van der Waals surface area (Å²) in [5, 5.41) is 7.19. The van der Waals surface area contributed by atoms with E-state index in [0.29, 0.717) is 15.8 Å². The molecule has 1 saturated heterocycles. The number of nitrogens with one attached hydrogen (secondary N) is 2. The molecular formula is C27H23BrClN5O2S. The maximum absolute atomic E-state index is 12.0. The summed E-state index contributed by atoms with van der Waals surface area (Å²) in [5.41, 5.74) is 4.21. The third-order valence-electron chi connectivity index (χ3n) is 6.07. The number of ether oxygens (including phenoxy) is 1. The molecule has 0 radical (unpaired) electrons. The van der Waals surface area contributed by atoms with Crippen LogP contribution < -0.4 is 15.5 Å². The molecule has 1 amide bonds. The van der Waals surface area contributed by atoms with E-state index in [1.807, 2.05) is 53.6 Å². The van der Waals surface area contributed by atoms with Gasteiger partial charge >= 0.3 is 0 Å². The monoisotopic (exact) mass is 595 g/mol. The predicted octanol–water partition coefficient (Wildman–Crippen LogP) is 6.05. The Morgan fingerprint density at radius 1 is 1.14 bits per heavy atom. The minimum absolute atomic E-state index is 0.0565. The zero-order valence-electron chi connectivity index (χ0n) is 19.8. The summed E-state index contributed by atoms with van der Waals surface area (Å²) < 4.78 is 8.06. The lowest BCUT2D eigenvalue weighted by molar-refractivity contribution is -0.119. The molecule has 3 heterocycles. The first-order valence-electron chi connectivity index (χ1n) is 11.5. The second kappa shape index (κ2) is 11.0. The molecule has 37 heavy (non-hydrogen) atoms. The third-order valence-corrected chi connectivity index (χ3v) is 7.22. The number of amides is 1. The Hall–Kier alpha value is -3.24. The number of hydrogen-bond donors (Lipinski definition) is 2. The highest BCUT2D eigenvalue weighted by molar-refractivity contribution is 9.10. The van der Waals surface area contributed by atoms with Crippen LogP contribution in [0.2, 0.25) is 5.02 Å². The molecule has 2 atom stereocenters. The second-order valence-electron chi connectivity index (χ2n) is 8.42. The average molecular weight is 597 g/mol. The molecule has 5 rings (SSSR count). The highest BCUT2D eigenvalue weighted by Crippen LogP contribution is 2.43. The highest BCUT2D eigenvalue weighted by Gasteiger charge is 2.42. The number of thiocarbonyl (C=S) groups is 1. The summed E-state index contributed by atoms with van der Waals surface area (Å²) in [5.74, 6) is -0.282. The minimum atomic E-state index is -0.282. The van der Waals surface area contributed by atoms with Crippen LogP contribution in [-0.4, -0.2) is 34.3 Å². The Labute approximate surface area is 233 Å². The van der Waals surface area contributed by atoms with E-state index in [1.54, 1.807) is 18.3 Å². The molecule has 2 aromatic carbocycles. The van der Waals surface area contributed by atoms with Crippen molar-refractivity contribution in [2.24, 2.45) is 0 Å². The van der Waals surface area contributed by atoms with Gasteiger partial charge < -0.3 is 24.8 Å². The van der Waals surface area contributed by atoms with E-state index in [9.17, 15) is 4.79 Å². The Balaban J connectivity index is 1.58. The topological polar surface area (TPSA) is 71.4 Å². The Morgan fingerprint density at radius 2 is 1.92 bits per heavy atom. The van der Waals surface area contributed by atoms with Crippen LogP contribution in [0.1, 0.15) is 23.5 Å². The van der Waals surface area contributed by atoms with Crippen LogP contribution in [0.15, 0.2) is 89.7 Å². The standard InChI is InChI=1S/C27H23BrClN5O2S/c1-36-16-24(35)31-21-12-11-19(15-20(21)29)34-26(25(32-27(34)37)22-5-2-3-13-30-22)23-6-4-14-33(23)18-9-7-17(28)8-10-18/h2-15,25-26H,16H2,1H3,(H,31,35)(H,32,37)/t25-,26-/m1/s1. The van der Waals surface area contributed by atoms with E-state index < -0.39 is 0 Å². The van der Waals surface area contributed by atoms with Crippen molar-refractivity contribution in [1.82, 2.24) is 14.9 Å². The third kappa shape index (κ3) is 5.26. The number of nitrogens with zero attached hydrogens (tertiary/aromatic N) is 3. The summed E-state index contributed by atoms with van der Waals surface area (Å²) in [6.45, 7) is -0.0565. The van der Waals surface area contributed by atoms with Gasteiger partial charge in [0.15, 0.2) is 5.11 Å². The maximum atomic E-state index is 12.0. The first-order valence-corrected chi connectivity index (χ1v) is 13.1. The number of rotatable bonds is 7. The number of methoxy groups -OCH3 is 1. The lowest BCUT2D eigenvalue weighted by Gasteiger charge is -2.29. The number of anilines is 2. The SMILES string of the molecule is COCC(=O)Nc1ccc(N2C(=S)N[C@H](c3ccccn3)[C@H]2c2cccn2-c2ccc(Br)cc2)cc1Cl. The van der Waals surface area contributed by atoms with Gasteiger partial charge in [0, 0.05) is 41.0 Å². The van der Waals surface area contributed by atoms with E-state index >= 15 is 0 Å². The van der Waals surface area contributed by atoms with E-state index in [1.165, 1.54) is 7.11 Å². The van der Waals surface area contributed by atoms with Crippen molar-refractivity contribution < 1.29 is 9.53 Å². The maximum Gasteiger partial charge on any atom is 0.250 e. The van der Waals surface area contributed by atoms with Crippen molar-refractivity contribution in [2.45, 2.75) is 12.1 Å². The molecule has 2 N–H and O–H groups in total. The first kappa shape index (κ1) is 25.4. The molecule has 0 bridgehead atoms. The summed E-state index contributed by atoms with van der Waals surface area (Å²) >= 11 is 16.0. The van der Waals surface area contributed by atoms with Crippen molar-refractivity contribution in [2.75, 3.05) is 23.9 Å². The molecule has 1 fully saturated rings. The lowest BCUT2D eigenvalue weighted by Crippen LogP contribution is -2.30. The van der Waals surface area contributed by atoms with E-state index in [4.69, 9.17) is 28.6 Å². The predicted molar refractivity (Wildman–Crippen MR) is 153 cm³/mol. The number of aromatic nitrogens is 2. The van der Waals surface area contributed by atoms with Crippen molar-refractivity contribution in [3.05, 3.63) is 106 Å². The number of carbonyl (C=O) groups is 1. The van der Waals surface area contributed by atoms with E-state index in [0.717, 1.165) is 27.2 Å². The van der Waals surface area contributed by atoms with E-state index in [2.05, 4.69) is 54.3 Å². The molecule has 0 saturated carbocycles. The van der Waals surface area contributed by atoms with Crippen LogP contribution >= 0.6 is 39.7 Å². The van der Waals surface area contributed by atoms with Crippen LogP contribution in [0.3, 0.4) is 0 Å². The number of carbonyl (C=O) groups excluding carboxylic acids is 1. The molecular weight excluding hydrogens is 574 g/mol. The largest absolute Gasteiger partial charge is 0.375 e. The molecule has 188 valence electrons. The van der Waals surface area contributed by atoms with Gasteiger partial charge in [-0.3, -0.25) is 9.78 Å². The number of benzene rings is 2. The van der Waals surface area contributed by atoms with Gasteiger partial charge in [0.2, 0.25) is 5.91 Å². The van der Waals surface area contributed by atoms with Gasteiger partial charge in [0.25, 0.3) is 0 Å². The average Bonchev–Trinajstić information content (AvgIpc) is 3.51. The van der Waals surface area contributed by atoms with Crippen LogP contribution in [-0.2, 0) is 9.53 Å². The number of halogens is 2. The van der Waals surface area contributed by atoms with Crippen LogP contribution in [0.25, 0.3) is 5.69 Å². The van der Waals surface area contributed by atoms with Crippen molar-refractivity contribution in [3.63, 3.8) is 0 Å². The fourth-order valence-corrected chi connectivity index (χ4v) is 5.31. The summed E-state index contributed by atoms with van der Waals surface area (Å²) in [6.07, 6.45) is 3.82. The second-order valence-corrected chi connectivity index (χ2v) is 10.1. The fraction of sp³-hybridized carbons (Fsp3) is 0.148. The highest BCUT2D eigenvalue weighted by atomic mass is 79.9. The normalized spacial score (nSPS) is 17.1. The molecule has 1 aliphatic rings. The van der Waals surface area contributed by atoms with Crippen LogP contribution in [0.5, 0.6) is 0 Å². The Bertz CT molecular complexity index is 1430. The molecule has 7 nitrogen and oxygen atoms in total. The molecule has 0 aliphatic carbocycles. The lowest BCUT2D eigenvalue weighted by atomic mass is 10.0. The molecule has 2 aromatic heterocycles. The van der Waals surface area contributed by atoms with Gasteiger partial charge in [-0.1, -0.05) is 33.6 Å². The van der Waals surface area contributed by atoms with Crippen molar-refractivity contribution in [1.29, 1.82) is 0 Å². The zero-order chi connectivity index (χ0) is 25.9.